The van der Waals surface area contributed by atoms with E-state index in [4.69, 9.17) is 56.8 Å². The summed E-state index contributed by atoms with van der Waals surface area (Å²) in [5, 5.41) is 10.2. The molecule has 0 aliphatic rings. The zero-order valence-corrected chi connectivity index (χ0v) is 68.4. The van der Waals surface area contributed by atoms with Crippen LogP contribution in [0.15, 0.2) is 227 Å². The summed E-state index contributed by atoms with van der Waals surface area (Å²) in [7, 11) is 0. The van der Waals surface area contributed by atoms with Gasteiger partial charge in [-0.1, -0.05) is 83.8 Å². The summed E-state index contributed by atoms with van der Waals surface area (Å²) >= 11 is 6.33. The first-order valence-electron chi connectivity index (χ1n) is 33.8. The average molecular weight is 1660 g/mol. The SMILES string of the molecule is C.C=C(C)C(=O)OCC(C)(COC(=O)Cc1cccc(SC)c1)COC(=O)C(=C)C.C=C(C)C(=O)OCCOC(=O)Nc1cccc(C)c1.C=C(C)C(=O)OCCOC(=O)Nc1cccc(SC)c1.C=CC(=O)OCC(C)(COC(=O)C=C)NC(=O)Oc1ccc(SC)cc1.C=CC(=O)OCCNC(=O)Oc1ccc(SC)cc1. The van der Waals surface area contributed by atoms with E-state index in [1.54, 1.807) is 104 Å². The molecule has 5 rings (SSSR count). The van der Waals surface area contributed by atoms with E-state index in [0.29, 0.717) is 34.0 Å². The molecule has 0 aliphatic carbocycles. The van der Waals surface area contributed by atoms with Crippen LogP contribution in [0.3, 0.4) is 0 Å². The van der Waals surface area contributed by atoms with Crippen LogP contribution >= 0.6 is 47.0 Å². The first kappa shape index (κ1) is 103. The standard InChI is InChI=1S/C22H28O6S.C18H21NO6S.C14H17NO4S.C14H17NO4.C13H15NO4S.CH4/c1-15(2)20(24)27-13-22(5,14-28-21(25)16(3)4)12-26-19(23)11-17-8-7-9-18(10-17)29-6;1-5-15(20)23-11-18(3,12-24-16(21)6-2)19-17(22)25-13-7-9-14(26-4)10-8-13;1-10(2)13(16)18-7-8-19-14(17)15-11-5-4-6-12(9-11)20-3;1-10(2)13(16)18-7-8-19-14(17)15-12-6-4-5-11(3)9-12;1-3-12(15)17-9-8-14-13(16)18-10-4-6-11(19-2)7-5-10;/h7-10H,1,3,11-14H2,2,4-6H3;5-10H,1-2,11-12H2,3-4H3,(H,19,22);4-6,9H,1,7-8H2,2-3H3,(H,15,17);4-6,9H,1,7-8H2,2-3H3,(H,15,17);3-7H,1,8-9H2,2H3,(H,14,16);1H4. The van der Waals surface area contributed by atoms with Gasteiger partial charge in [0.25, 0.3) is 0 Å². The van der Waals surface area contributed by atoms with E-state index in [0.717, 1.165) is 48.9 Å². The third-order valence-electron chi connectivity index (χ3n) is 13.4. The van der Waals surface area contributed by atoms with Crippen molar-refractivity contribution in [3.63, 3.8) is 0 Å². The Labute approximate surface area is 683 Å². The number of anilines is 2. The molecule has 0 radical (unpaired) electrons. The Balaban J connectivity index is 0.00000141. The van der Waals surface area contributed by atoms with Gasteiger partial charge in [0.1, 0.15) is 83.1 Å². The molecular weight excluding hydrogens is 1550 g/mol. The molecular formula is C82H102N4O24S4. The monoisotopic (exact) mass is 1650 g/mol. The molecule has 114 heavy (non-hydrogen) atoms. The van der Waals surface area contributed by atoms with E-state index in [-0.39, 0.29) is 97.6 Å². The van der Waals surface area contributed by atoms with Gasteiger partial charge in [-0.3, -0.25) is 15.4 Å². The highest BCUT2D eigenvalue weighted by Crippen LogP contribution is 2.24. The van der Waals surface area contributed by atoms with Gasteiger partial charge in [-0.15, -0.1) is 47.0 Å². The number of amides is 4. The lowest BCUT2D eigenvalue weighted by Gasteiger charge is -2.28. The number of thioether (sulfide) groups is 4. The maximum atomic E-state index is 12.3. The van der Waals surface area contributed by atoms with E-state index in [1.807, 2.05) is 117 Å². The van der Waals surface area contributed by atoms with Crippen molar-refractivity contribution in [2.75, 3.05) is 108 Å². The third kappa shape index (κ3) is 47.7. The summed E-state index contributed by atoms with van der Waals surface area (Å²) in [5.41, 5.74) is 2.19. The van der Waals surface area contributed by atoms with Crippen LogP contribution in [0, 0.1) is 12.3 Å². The van der Waals surface area contributed by atoms with Crippen molar-refractivity contribution in [2.45, 2.75) is 87.4 Å². The van der Waals surface area contributed by atoms with Crippen molar-refractivity contribution in [3.05, 3.63) is 219 Å². The predicted octanol–water partition coefficient (Wildman–Crippen LogP) is 15.1. The summed E-state index contributed by atoms with van der Waals surface area (Å²) in [4.78, 5) is 142. The zero-order chi connectivity index (χ0) is 84.9. The number of hydrogen-bond donors (Lipinski definition) is 4. The lowest BCUT2D eigenvalue weighted by molar-refractivity contribution is -0.157. The van der Waals surface area contributed by atoms with Gasteiger partial charge in [0, 0.05) is 71.5 Å². The molecule has 0 atom stereocenters. The first-order valence-corrected chi connectivity index (χ1v) is 38.7. The normalized spacial score (nSPS) is 9.99. The van der Waals surface area contributed by atoms with Crippen LogP contribution in [0.1, 0.15) is 60.1 Å². The van der Waals surface area contributed by atoms with E-state index in [2.05, 4.69) is 67.3 Å². The molecule has 0 saturated heterocycles. The van der Waals surface area contributed by atoms with Crippen LogP contribution in [-0.4, -0.2) is 175 Å². The lowest BCUT2D eigenvalue weighted by Crippen LogP contribution is -2.54. The lowest BCUT2D eigenvalue weighted by atomic mass is 9.94. The molecule has 618 valence electrons. The van der Waals surface area contributed by atoms with Crippen LogP contribution < -0.4 is 30.7 Å². The molecule has 5 aromatic rings. The maximum Gasteiger partial charge on any atom is 0.413 e. The number of aryl methyl sites for hydroxylation is 1. The highest BCUT2D eigenvalue weighted by molar-refractivity contribution is 7.99. The van der Waals surface area contributed by atoms with Crippen molar-refractivity contribution < 1.29 is 114 Å². The van der Waals surface area contributed by atoms with Gasteiger partial charge >= 0.3 is 72.1 Å². The van der Waals surface area contributed by atoms with Crippen LogP contribution in [-0.2, 0) is 92.1 Å². The van der Waals surface area contributed by atoms with Crippen molar-refractivity contribution >= 4 is 131 Å². The van der Waals surface area contributed by atoms with Gasteiger partial charge in [-0.25, -0.2) is 52.7 Å². The Bertz CT molecular complexity index is 4020. The largest absolute Gasteiger partial charge is 0.465 e. The Morgan fingerprint density at radius 1 is 0.404 bits per heavy atom. The third-order valence-corrected chi connectivity index (χ3v) is 16.3. The number of nitrogens with one attached hydrogen (secondary N) is 4. The minimum absolute atomic E-state index is 0. The maximum absolute atomic E-state index is 12.3. The Kier molecular flexibility index (Phi) is 51.7. The number of carbonyl (C=O) groups is 12. The molecule has 0 aliphatic heterocycles. The van der Waals surface area contributed by atoms with E-state index in [9.17, 15) is 57.5 Å². The molecule has 5 aromatic carbocycles. The van der Waals surface area contributed by atoms with Crippen molar-refractivity contribution in [1.29, 1.82) is 0 Å². The highest BCUT2D eigenvalue weighted by atomic mass is 32.2. The number of rotatable bonds is 37. The van der Waals surface area contributed by atoms with Crippen LogP contribution in [0.4, 0.5) is 30.6 Å². The van der Waals surface area contributed by atoms with Crippen molar-refractivity contribution in [3.8, 4) is 11.5 Å². The van der Waals surface area contributed by atoms with Gasteiger partial charge in [0.15, 0.2) is 0 Å². The van der Waals surface area contributed by atoms with Crippen LogP contribution in [0.5, 0.6) is 11.5 Å². The molecule has 0 unspecified atom stereocenters. The van der Waals surface area contributed by atoms with Crippen LogP contribution in [0.25, 0.3) is 0 Å². The molecule has 0 saturated carbocycles. The fourth-order valence-electron chi connectivity index (χ4n) is 7.49. The number of hydrogen-bond acceptors (Lipinski definition) is 28. The average Bonchev–Trinajstić information content (AvgIpc) is 0.865. The van der Waals surface area contributed by atoms with Crippen LogP contribution in [0.2, 0.25) is 0 Å². The highest BCUT2D eigenvalue weighted by Gasteiger charge is 2.33. The Hall–Kier alpha value is -11.5. The second-order valence-corrected chi connectivity index (χ2v) is 27.4. The van der Waals surface area contributed by atoms with E-state index < -0.39 is 83.1 Å². The number of carbonyl (C=O) groups excluding carboxylic acids is 12. The fraction of sp³-hybridized carbons (Fsp3) is 0.317. The predicted molar refractivity (Wildman–Crippen MR) is 442 cm³/mol. The fourth-order valence-corrected chi connectivity index (χ4v) is 9.25. The zero-order valence-electron chi connectivity index (χ0n) is 65.1. The molecule has 0 aromatic heterocycles. The summed E-state index contributed by atoms with van der Waals surface area (Å²) in [5.74, 6) is -3.63. The second-order valence-electron chi connectivity index (χ2n) is 23.9. The molecule has 4 N–H and O–H groups in total. The Morgan fingerprint density at radius 2 is 0.781 bits per heavy atom. The summed E-state index contributed by atoms with van der Waals surface area (Å²) in [6.07, 6.45) is 8.41. The number of ether oxygens (including phenoxy) is 12. The topological polar surface area (TPSA) is 364 Å². The molecule has 4 amide bonds. The summed E-state index contributed by atoms with van der Waals surface area (Å²) in [6, 6.07) is 36.4. The quantitative estimate of drug-likeness (QED) is 0.00943. The van der Waals surface area contributed by atoms with Gasteiger partial charge in [-0.2, -0.15) is 0 Å². The summed E-state index contributed by atoms with van der Waals surface area (Å²) in [6.45, 7) is 34.6. The van der Waals surface area contributed by atoms with E-state index >= 15 is 0 Å². The molecule has 0 bridgehead atoms. The molecule has 0 fully saturated rings. The smallest absolute Gasteiger partial charge is 0.413 e. The minimum atomic E-state index is -1.20. The van der Waals surface area contributed by atoms with Gasteiger partial charge < -0.3 is 67.5 Å². The minimum Gasteiger partial charge on any atom is -0.465 e. The number of benzene rings is 5. The second kappa shape index (κ2) is 57.5. The summed E-state index contributed by atoms with van der Waals surface area (Å²) < 4.78 is 59.9. The number of esters is 8. The van der Waals surface area contributed by atoms with Crippen molar-refractivity contribution in [2.24, 2.45) is 5.41 Å². The van der Waals surface area contributed by atoms with Gasteiger partial charge in [0.2, 0.25) is 0 Å². The first-order chi connectivity index (χ1) is 53.5. The van der Waals surface area contributed by atoms with E-state index in [1.165, 1.54) is 20.8 Å². The molecule has 0 spiro atoms. The van der Waals surface area contributed by atoms with Crippen molar-refractivity contribution in [1.82, 2.24) is 10.6 Å². The van der Waals surface area contributed by atoms with Gasteiger partial charge in [0.05, 0.1) is 18.4 Å². The molecule has 32 heteroatoms. The Morgan fingerprint density at radius 3 is 1.20 bits per heavy atom. The molecule has 0 heterocycles. The molecule has 28 nitrogen and oxygen atoms in total. The van der Waals surface area contributed by atoms with Gasteiger partial charge in [-0.05, 0) is 176 Å².